The van der Waals surface area contributed by atoms with Crippen LogP contribution in [0.3, 0.4) is 0 Å². The molecule has 0 saturated carbocycles. The molecule has 0 atom stereocenters. The van der Waals surface area contributed by atoms with Gasteiger partial charge in [-0.05, 0) is 24.3 Å². The van der Waals surface area contributed by atoms with E-state index in [1.54, 1.807) is 54.7 Å². The molecule has 2 heterocycles. The van der Waals surface area contributed by atoms with Crippen molar-refractivity contribution in [3.05, 3.63) is 72.6 Å². The molecule has 0 aliphatic carbocycles. The molecule has 2 aromatic heterocycles. The molecule has 0 unspecified atom stereocenters. The highest BCUT2D eigenvalue weighted by Crippen LogP contribution is 2.26. The maximum atomic E-state index is 11.2. The van der Waals surface area contributed by atoms with Crippen molar-refractivity contribution < 1.29 is 14.3 Å². The normalized spacial score (nSPS) is 10.1. The number of thiol groups is 1. The van der Waals surface area contributed by atoms with Gasteiger partial charge in [-0.3, -0.25) is 4.79 Å². The smallest absolute Gasteiger partial charge is 0.234 e. The fourth-order valence-corrected chi connectivity index (χ4v) is 1.97. The molecular formula is C17H12N2O3S. The van der Waals surface area contributed by atoms with E-state index in [0.717, 1.165) is 0 Å². The Morgan fingerprint density at radius 2 is 1.57 bits per heavy atom. The lowest BCUT2D eigenvalue weighted by atomic mass is 10.3. The first kappa shape index (κ1) is 15.1. The second-order valence-electron chi connectivity index (χ2n) is 4.51. The summed E-state index contributed by atoms with van der Waals surface area (Å²) >= 11 is 3.75. The quantitative estimate of drug-likeness (QED) is 0.715. The highest BCUT2D eigenvalue weighted by atomic mass is 32.1. The fraction of sp³-hybridized carbons (Fsp3) is 0. The molecule has 0 amide bonds. The minimum Gasteiger partial charge on any atom is -0.439 e. The number of rotatable bonds is 5. The van der Waals surface area contributed by atoms with Gasteiger partial charge in [0.2, 0.25) is 16.9 Å². The largest absolute Gasteiger partial charge is 0.439 e. The second-order valence-corrected chi connectivity index (χ2v) is 4.92. The van der Waals surface area contributed by atoms with E-state index in [-0.39, 0.29) is 5.69 Å². The number of hydrogen-bond acceptors (Lipinski definition) is 5. The van der Waals surface area contributed by atoms with Crippen LogP contribution in [0.1, 0.15) is 10.5 Å². The van der Waals surface area contributed by atoms with Crippen LogP contribution in [0.5, 0.6) is 23.3 Å². The Morgan fingerprint density at radius 3 is 2.26 bits per heavy atom. The van der Waals surface area contributed by atoms with Crippen LogP contribution in [0.25, 0.3) is 0 Å². The van der Waals surface area contributed by atoms with E-state index in [1.807, 2.05) is 12.1 Å². The summed E-state index contributed by atoms with van der Waals surface area (Å²) in [5.41, 5.74) is 0.228. The minimum absolute atomic E-state index is 0.228. The third kappa shape index (κ3) is 4.08. The Bertz CT molecular complexity index is 825. The number of pyridine rings is 2. The lowest BCUT2D eigenvalue weighted by Crippen LogP contribution is -1.96. The van der Waals surface area contributed by atoms with Crippen molar-refractivity contribution in [1.29, 1.82) is 0 Å². The number of carbonyl (C=O) groups is 1. The summed E-state index contributed by atoms with van der Waals surface area (Å²) in [4.78, 5) is 19.4. The number of benzene rings is 1. The molecular weight excluding hydrogens is 312 g/mol. The molecule has 0 N–H and O–H groups in total. The molecule has 5 nitrogen and oxygen atoms in total. The molecule has 23 heavy (non-hydrogen) atoms. The van der Waals surface area contributed by atoms with Crippen LogP contribution in [0.15, 0.2) is 66.9 Å². The molecule has 6 heteroatoms. The Morgan fingerprint density at radius 1 is 0.870 bits per heavy atom. The Labute approximate surface area is 138 Å². The van der Waals surface area contributed by atoms with Crippen LogP contribution in [0.4, 0.5) is 0 Å². The van der Waals surface area contributed by atoms with Gasteiger partial charge in [0.05, 0.1) is 0 Å². The average molecular weight is 324 g/mol. The minimum atomic E-state index is -0.414. The number of aromatic nitrogens is 2. The molecule has 0 spiro atoms. The predicted octanol–water partition coefficient (Wildman–Crippen LogP) is 4.13. The van der Waals surface area contributed by atoms with Crippen LogP contribution in [0.2, 0.25) is 0 Å². The topological polar surface area (TPSA) is 61.3 Å². The van der Waals surface area contributed by atoms with Gasteiger partial charge in [-0.15, -0.1) is 0 Å². The summed E-state index contributed by atoms with van der Waals surface area (Å²) in [5, 5.41) is -0.414. The summed E-state index contributed by atoms with van der Waals surface area (Å²) in [6.45, 7) is 0. The highest BCUT2D eigenvalue weighted by molar-refractivity contribution is 7.97. The van der Waals surface area contributed by atoms with Crippen LogP contribution in [-0.4, -0.2) is 15.1 Å². The highest BCUT2D eigenvalue weighted by Gasteiger charge is 2.06. The van der Waals surface area contributed by atoms with Crippen molar-refractivity contribution in [3.63, 3.8) is 0 Å². The first-order valence-corrected chi connectivity index (χ1v) is 7.22. The van der Waals surface area contributed by atoms with Gasteiger partial charge in [0.25, 0.3) is 0 Å². The van der Waals surface area contributed by atoms with Gasteiger partial charge in [-0.1, -0.05) is 30.8 Å². The van der Waals surface area contributed by atoms with Crippen molar-refractivity contribution >= 4 is 17.7 Å². The van der Waals surface area contributed by atoms with Gasteiger partial charge in [0.15, 0.2) is 0 Å². The Kier molecular flexibility index (Phi) is 4.54. The summed E-state index contributed by atoms with van der Waals surface area (Å²) < 4.78 is 11.3. The summed E-state index contributed by atoms with van der Waals surface area (Å²) in [5.74, 6) is 1.92. The van der Waals surface area contributed by atoms with Crippen molar-refractivity contribution in [3.8, 4) is 23.3 Å². The van der Waals surface area contributed by atoms with E-state index in [1.165, 1.54) is 0 Å². The second kappa shape index (κ2) is 6.93. The SMILES string of the molecule is O=C(S)c1cccc(Oc2cccc(Oc3ccccn3)c2)n1. The Hall–Kier alpha value is -2.86. The summed E-state index contributed by atoms with van der Waals surface area (Å²) in [6, 6.07) is 17.4. The molecule has 114 valence electrons. The zero-order chi connectivity index (χ0) is 16.1. The third-order valence-electron chi connectivity index (χ3n) is 2.83. The maximum absolute atomic E-state index is 11.2. The number of carbonyl (C=O) groups excluding carboxylic acids is 1. The van der Waals surface area contributed by atoms with Crippen molar-refractivity contribution in [2.45, 2.75) is 0 Å². The lowest BCUT2D eigenvalue weighted by Gasteiger charge is -2.08. The molecule has 0 fully saturated rings. The van der Waals surface area contributed by atoms with E-state index in [0.29, 0.717) is 23.3 Å². The van der Waals surface area contributed by atoms with Gasteiger partial charge in [0.1, 0.15) is 17.2 Å². The van der Waals surface area contributed by atoms with Crippen LogP contribution in [0, 0.1) is 0 Å². The summed E-state index contributed by atoms with van der Waals surface area (Å²) in [6.07, 6.45) is 1.65. The standard InChI is InChI=1S/C17H12N2O3S/c20-17(23)14-7-4-9-16(19-14)22-13-6-3-5-12(11-13)21-15-8-1-2-10-18-15/h1-11H,(H,20,23). The van der Waals surface area contributed by atoms with E-state index >= 15 is 0 Å². The molecule has 0 aliphatic rings. The first-order chi connectivity index (χ1) is 11.2. The van der Waals surface area contributed by atoms with E-state index in [2.05, 4.69) is 22.6 Å². The predicted molar refractivity (Wildman–Crippen MR) is 88.4 cm³/mol. The molecule has 3 rings (SSSR count). The zero-order valence-corrected chi connectivity index (χ0v) is 12.8. The molecule has 0 bridgehead atoms. The monoisotopic (exact) mass is 324 g/mol. The van der Waals surface area contributed by atoms with Gasteiger partial charge in [0, 0.05) is 24.4 Å². The van der Waals surface area contributed by atoms with Gasteiger partial charge in [-0.2, -0.15) is 0 Å². The first-order valence-electron chi connectivity index (χ1n) is 6.78. The molecule has 3 aromatic rings. The Balaban J connectivity index is 1.77. The number of hydrogen-bond donors (Lipinski definition) is 1. The van der Waals surface area contributed by atoms with Crippen molar-refractivity contribution in [2.24, 2.45) is 0 Å². The van der Waals surface area contributed by atoms with Crippen LogP contribution in [-0.2, 0) is 0 Å². The van der Waals surface area contributed by atoms with E-state index in [9.17, 15) is 4.79 Å². The average Bonchev–Trinajstić information content (AvgIpc) is 2.56. The van der Waals surface area contributed by atoms with Gasteiger partial charge >= 0.3 is 0 Å². The fourth-order valence-electron chi connectivity index (χ4n) is 1.84. The molecule has 0 aliphatic heterocycles. The van der Waals surface area contributed by atoms with Crippen LogP contribution < -0.4 is 9.47 Å². The zero-order valence-electron chi connectivity index (χ0n) is 11.9. The third-order valence-corrected chi connectivity index (χ3v) is 3.06. The molecule has 0 radical (unpaired) electrons. The van der Waals surface area contributed by atoms with Gasteiger partial charge in [-0.25, -0.2) is 9.97 Å². The van der Waals surface area contributed by atoms with E-state index in [4.69, 9.17) is 9.47 Å². The van der Waals surface area contributed by atoms with Crippen LogP contribution >= 0.6 is 12.6 Å². The number of nitrogens with zero attached hydrogens (tertiary/aromatic N) is 2. The van der Waals surface area contributed by atoms with Crippen molar-refractivity contribution in [2.75, 3.05) is 0 Å². The lowest BCUT2D eigenvalue weighted by molar-refractivity contribution is 0.108. The van der Waals surface area contributed by atoms with Crippen molar-refractivity contribution in [1.82, 2.24) is 9.97 Å². The maximum Gasteiger partial charge on any atom is 0.234 e. The van der Waals surface area contributed by atoms with Gasteiger partial charge < -0.3 is 9.47 Å². The summed E-state index contributed by atoms with van der Waals surface area (Å²) in [7, 11) is 0. The van der Waals surface area contributed by atoms with E-state index < -0.39 is 5.12 Å². The molecule has 0 saturated heterocycles. The number of ether oxygens (including phenoxy) is 2. The molecule has 1 aromatic carbocycles.